The molecule has 3 aromatic carbocycles. The lowest BCUT2D eigenvalue weighted by atomic mass is 10.0. The quantitative estimate of drug-likeness (QED) is 0.317. The van der Waals surface area contributed by atoms with Crippen LogP contribution >= 0.6 is 35.0 Å². The normalized spacial score (nSPS) is 11.7. The molecule has 3 aromatic rings. The molecule has 0 saturated carbocycles. The van der Waals surface area contributed by atoms with Gasteiger partial charge in [0.1, 0.15) is 6.04 Å². The maximum Gasteiger partial charge on any atom is 0.243 e. The Hall–Kier alpha value is -2.47. The Labute approximate surface area is 222 Å². The van der Waals surface area contributed by atoms with E-state index in [-0.39, 0.29) is 24.1 Å². The molecule has 3 rings (SSSR count). The number of halogens is 2. The summed E-state index contributed by atoms with van der Waals surface area (Å²) in [5.41, 5.74) is 3.95. The number of hydrogen-bond donors (Lipinski definition) is 1. The summed E-state index contributed by atoms with van der Waals surface area (Å²) in [5.74, 6) is 0.611. The lowest BCUT2D eigenvalue weighted by molar-refractivity contribution is -0.139. The number of amides is 2. The minimum atomic E-state index is -0.697. The van der Waals surface area contributed by atoms with Crippen LogP contribution in [0.5, 0.6) is 0 Å². The predicted molar refractivity (Wildman–Crippen MR) is 147 cm³/mol. The van der Waals surface area contributed by atoms with Crippen molar-refractivity contribution in [2.75, 3.05) is 12.3 Å². The number of nitrogens with one attached hydrogen (secondary N) is 1. The summed E-state index contributed by atoms with van der Waals surface area (Å²) >= 11 is 14.4. The van der Waals surface area contributed by atoms with Gasteiger partial charge in [0.25, 0.3) is 0 Å². The zero-order valence-corrected chi connectivity index (χ0v) is 22.3. The highest BCUT2D eigenvalue weighted by Gasteiger charge is 2.31. The van der Waals surface area contributed by atoms with Gasteiger partial charge in [-0.25, -0.2) is 0 Å². The third-order valence-electron chi connectivity index (χ3n) is 5.63. The van der Waals surface area contributed by atoms with Gasteiger partial charge in [-0.3, -0.25) is 9.59 Å². The molecule has 35 heavy (non-hydrogen) atoms. The number of nitrogens with zero attached hydrogens (tertiary/aromatic N) is 1. The molecule has 0 aromatic heterocycles. The monoisotopic (exact) mass is 528 g/mol. The second-order valence-corrected chi connectivity index (χ2v) is 10.1. The Morgan fingerprint density at radius 3 is 2.20 bits per heavy atom. The van der Waals surface area contributed by atoms with Gasteiger partial charge in [0.2, 0.25) is 11.8 Å². The number of benzene rings is 3. The summed E-state index contributed by atoms with van der Waals surface area (Å²) in [5, 5.41) is 3.84. The number of carbonyl (C=O) groups excluding carboxylic acids is 2. The van der Waals surface area contributed by atoms with E-state index in [2.05, 4.69) is 29.6 Å². The van der Waals surface area contributed by atoms with Gasteiger partial charge in [-0.05, 0) is 37.1 Å². The first-order valence-electron chi connectivity index (χ1n) is 11.6. The largest absolute Gasteiger partial charge is 0.355 e. The van der Waals surface area contributed by atoms with Crippen LogP contribution in [0.15, 0.2) is 72.8 Å². The predicted octanol–water partition coefficient (Wildman–Crippen LogP) is 6.31. The molecule has 0 aliphatic carbocycles. The Balaban J connectivity index is 1.86. The standard InChI is InChI=1S/C28H30Cl2N2O2S/c1-3-31-28(34)26(16-21-8-5-4-6-9-21)32(17-23-24(29)10-7-11-25(23)30)27(33)19-35-18-22-14-12-20(2)13-15-22/h4-15,26H,3,16-19H2,1-2H3,(H,31,34)/t26-/m0/s1. The van der Waals surface area contributed by atoms with Crippen LogP contribution in [-0.2, 0) is 28.3 Å². The first-order valence-corrected chi connectivity index (χ1v) is 13.5. The van der Waals surface area contributed by atoms with E-state index in [1.165, 1.54) is 17.3 Å². The number of aryl methyl sites for hydroxylation is 1. The molecule has 1 atom stereocenters. The van der Waals surface area contributed by atoms with Crippen molar-refractivity contribution in [2.24, 2.45) is 0 Å². The Kier molecular flexibility index (Phi) is 10.5. The molecule has 1 N–H and O–H groups in total. The SMILES string of the molecule is CCNC(=O)[C@H](Cc1ccccc1)N(Cc1c(Cl)cccc1Cl)C(=O)CSCc1ccc(C)cc1. The van der Waals surface area contributed by atoms with Gasteiger partial charge in [0.05, 0.1) is 5.75 Å². The van der Waals surface area contributed by atoms with Gasteiger partial charge < -0.3 is 10.2 Å². The van der Waals surface area contributed by atoms with Crippen molar-refractivity contribution in [1.29, 1.82) is 0 Å². The van der Waals surface area contributed by atoms with E-state index in [0.29, 0.717) is 34.3 Å². The average Bonchev–Trinajstić information content (AvgIpc) is 2.85. The summed E-state index contributed by atoms with van der Waals surface area (Å²) in [6.07, 6.45) is 0.392. The lowest BCUT2D eigenvalue weighted by Gasteiger charge is -2.32. The molecule has 0 aliphatic heterocycles. The molecular formula is C28H30Cl2N2O2S. The van der Waals surface area contributed by atoms with Crippen LogP contribution in [0, 0.1) is 6.92 Å². The van der Waals surface area contributed by atoms with Crippen LogP contribution in [0.3, 0.4) is 0 Å². The van der Waals surface area contributed by atoms with Gasteiger partial charge >= 0.3 is 0 Å². The summed E-state index contributed by atoms with van der Waals surface area (Å²) in [6, 6.07) is 22.5. The Bertz CT molecular complexity index is 1100. The van der Waals surface area contributed by atoms with Crippen LogP contribution in [-0.4, -0.2) is 35.1 Å². The lowest BCUT2D eigenvalue weighted by Crippen LogP contribution is -2.51. The van der Waals surface area contributed by atoms with Gasteiger partial charge in [-0.2, -0.15) is 0 Å². The summed E-state index contributed by atoms with van der Waals surface area (Å²) < 4.78 is 0. The molecule has 0 radical (unpaired) electrons. The summed E-state index contributed by atoms with van der Waals surface area (Å²) in [4.78, 5) is 28.4. The smallest absolute Gasteiger partial charge is 0.243 e. The topological polar surface area (TPSA) is 49.4 Å². The fourth-order valence-electron chi connectivity index (χ4n) is 3.72. The second kappa shape index (κ2) is 13.6. The Morgan fingerprint density at radius 1 is 0.914 bits per heavy atom. The maximum absolute atomic E-state index is 13.6. The highest BCUT2D eigenvalue weighted by Crippen LogP contribution is 2.28. The first kappa shape index (κ1) is 27.1. The van der Waals surface area contributed by atoms with E-state index < -0.39 is 6.04 Å². The van der Waals surface area contributed by atoms with Crippen molar-refractivity contribution >= 4 is 46.8 Å². The fraction of sp³-hybridized carbons (Fsp3) is 0.286. The summed E-state index contributed by atoms with van der Waals surface area (Å²) in [6.45, 7) is 4.54. The van der Waals surface area contributed by atoms with Gasteiger partial charge in [-0.1, -0.05) is 89.4 Å². The zero-order chi connectivity index (χ0) is 25.2. The molecule has 0 spiro atoms. The molecule has 4 nitrogen and oxygen atoms in total. The first-order chi connectivity index (χ1) is 16.9. The molecule has 7 heteroatoms. The van der Waals surface area contributed by atoms with Crippen LogP contribution in [0.4, 0.5) is 0 Å². The van der Waals surface area contributed by atoms with E-state index in [4.69, 9.17) is 23.2 Å². The summed E-state index contributed by atoms with van der Waals surface area (Å²) in [7, 11) is 0. The molecule has 0 fully saturated rings. The Morgan fingerprint density at radius 2 is 1.57 bits per heavy atom. The second-order valence-electron chi connectivity index (χ2n) is 8.30. The molecule has 0 bridgehead atoms. The molecule has 0 aliphatic rings. The average molecular weight is 530 g/mol. The van der Waals surface area contributed by atoms with Gasteiger partial charge in [0, 0.05) is 40.9 Å². The third-order valence-corrected chi connectivity index (χ3v) is 7.32. The van der Waals surface area contributed by atoms with Crippen molar-refractivity contribution in [1.82, 2.24) is 10.2 Å². The zero-order valence-electron chi connectivity index (χ0n) is 20.0. The number of hydrogen-bond acceptors (Lipinski definition) is 3. The van der Waals surface area contributed by atoms with Crippen molar-refractivity contribution in [3.05, 3.63) is 105 Å². The van der Waals surface area contributed by atoms with Crippen LogP contribution in [0.25, 0.3) is 0 Å². The highest BCUT2D eigenvalue weighted by atomic mass is 35.5. The molecule has 0 unspecified atom stereocenters. The number of rotatable bonds is 11. The number of thioether (sulfide) groups is 1. The number of carbonyl (C=O) groups is 2. The van der Waals surface area contributed by atoms with Crippen LogP contribution in [0.1, 0.15) is 29.2 Å². The molecule has 2 amide bonds. The van der Waals surface area contributed by atoms with Crippen molar-refractivity contribution in [2.45, 2.75) is 38.6 Å². The molecule has 0 saturated heterocycles. The van der Waals surface area contributed by atoms with E-state index in [1.807, 2.05) is 44.2 Å². The van der Waals surface area contributed by atoms with Crippen molar-refractivity contribution < 1.29 is 9.59 Å². The van der Waals surface area contributed by atoms with E-state index in [0.717, 1.165) is 11.1 Å². The van der Waals surface area contributed by atoms with Crippen molar-refractivity contribution in [3.63, 3.8) is 0 Å². The van der Waals surface area contributed by atoms with Gasteiger partial charge in [0.15, 0.2) is 0 Å². The maximum atomic E-state index is 13.6. The minimum absolute atomic E-state index is 0.134. The third kappa shape index (κ3) is 8.03. The van der Waals surface area contributed by atoms with Crippen LogP contribution in [0.2, 0.25) is 10.0 Å². The highest BCUT2D eigenvalue weighted by molar-refractivity contribution is 7.99. The van der Waals surface area contributed by atoms with E-state index in [9.17, 15) is 9.59 Å². The molecular weight excluding hydrogens is 499 g/mol. The van der Waals surface area contributed by atoms with Crippen LogP contribution < -0.4 is 5.32 Å². The fourth-order valence-corrected chi connectivity index (χ4v) is 5.11. The van der Waals surface area contributed by atoms with E-state index in [1.54, 1.807) is 23.1 Å². The van der Waals surface area contributed by atoms with Crippen molar-refractivity contribution in [3.8, 4) is 0 Å². The molecule has 0 heterocycles. The number of likely N-dealkylation sites (N-methyl/N-ethyl adjacent to an activating group) is 1. The van der Waals surface area contributed by atoms with Gasteiger partial charge in [-0.15, -0.1) is 11.8 Å². The van der Waals surface area contributed by atoms with E-state index >= 15 is 0 Å². The molecule has 184 valence electrons. The minimum Gasteiger partial charge on any atom is -0.355 e.